The number of carbonyl (C=O) groups excluding carboxylic acids is 4. The number of alkyl carbamates (subject to hydrolysis) is 1. The van der Waals surface area contributed by atoms with Gasteiger partial charge in [0.2, 0.25) is 11.8 Å². The van der Waals surface area contributed by atoms with Gasteiger partial charge in [0.25, 0.3) is 0 Å². The predicted molar refractivity (Wildman–Crippen MR) is 168 cm³/mol. The number of carboxylic acids is 1. The molecule has 12 nitrogen and oxygen atoms in total. The number of hydrogen-bond acceptors (Lipinski definition) is 7. The Morgan fingerprint density at radius 3 is 2.59 bits per heavy atom. The Morgan fingerprint density at radius 2 is 1.85 bits per heavy atom. The van der Waals surface area contributed by atoms with Gasteiger partial charge < -0.3 is 35.0 Å². The summed E-state index contributed by atoms with van der Waals surface area (Å²) in [5, 5.41) is 15.5. The molecule has 3 N–H and O–H groups in total. The van der Waals surface area contributed by atoms with Crippen molar-refractivity contribution >= 4 is 30.0 Å². The fraction of sp³-hybridized carbons (Fsp3) is 0.618. The van der Waals surface area contributed by atoms with Gasteiger partial charge in [-0.05, 0) is 63.5 Å². The number of aliphatic carboxylic acids is 1. The van der Waals surface area contributed by atoms with Gasteiger partial charge in [0, 0.05) is 25.4 Å². The molecule has 2 fully saturated rings. The first-order valence-electron chi connectivity index (χ1n) is 16.3. The van der Waals surface area contributed by atoms with E-state index in [1.54, 1.807) is 25.7 Å². The van der Waals surface area contributed by atoms with E-state index >= 15 is 0 Å². The number of ether oxygens (including phenoxy) is 2. The number of fused-ring (bicyclic) bond motifs is 3. The molecular weight excluding hydrogens is 592 g/mol. The summed E-state index contributed by atoms with van der Waals surface area (Å²) in [6, 6.07) is 5.86. The van der Waals surface area contributed by atoms with Gasteiger partial charge in [-0.15, -0.1) is 0 Å². The van der Waals surface area contributed by atoms with E-state index in [2.05, 4.69) is 16.7 Å². The summed E-state index contributed by atoms with van der Waals surface area (Å²) in [5.74, 6) is -2.52. The van der Waals surface area contributed by atoms with E-state index in [4.69, 9.17) is 9.47 Å². The molecule has 1 aromatic rings. The van der Waals surface area contributed by atoms with Crippen molar-refractivity contribution < 1.29 is 38.6 Å². The molecule has 250 valence electrons. The third-order valence-corrected chi connectivity index (χ3v) is 9.28. The summed E-state index contributed by atoms with van der Waals surface area (Å²) in [7, 11) is 0. The van der Waals surface area contributed by atoms with E-state index in [0.717, 1.165) is 24.8 Å². The Morgan fingerprint density at radius 1 is 1.09 bits per heavy atom. The van der Waals surface area contributed by atoms with Crippen molar-refractivity contribution in [1.29, 1.82) is 0 Å². The molecule has 46 heavy (non-hydrogen) atoms. The molecule has 3 heterocycles. The summed E-state index contributed by atoms with van der Waals surface area (Å²) in [4.78, 5) is 69.4. The molecule has 6 atom stereocenters. The van der Waals surface area contributed by atoms with Crippen LogP contribution in [0, 0.1) is 5.92 Å². The molecule has 0 radical (unpaired) electrons. The Labute approximate surface area is 269 Å². The lowest BCUT2D eigenvalue weighted by atomic mass is 9.91. The molecule has 1 saturated heterocycles. The van der Waals surface area contributed by atoms with Crippen LogP contribution in [0.2, 0.25) is 0 Å². The van der Waals surface area contributed by atoms with Crippen LogP contribution in [0.4, 0.5) is 9.59 Å². The van der Waals surface area contributed by atoms with E-state index in [0.29, 0.717) is 25.9 Å². The number of nitrogens with one attached hydrogen (secondary N) is 2. The minimum absolute atomic E-state index is 0.00133. The SMILES string of the molecule is CC1CN(C(=O)O[C@@H]2C[C@H]3C(=O)N[C@]4(C(=O)O)C[C@H]4/C=C\CCCCC[C@H](NC(=O)OC(C)(C)C)C(=O)N3C2)Cc2ccccc21. The zero-order valence-electron chi connectivity index (χ0n) is 27.1. The molecule has 4 aliphatic rings. The second-order valence-electron chi connectivity index (χ2n) is 14.1. The quantitative estimate of drug-likeness (QED) is 0.419. The average Bonchev–Trinajstić information content (AvgIpc) is 3.52. The van der Waals surface area contributed by atoms with E-state index in [9.17, 15) is 29.1 Å². The van der Waals surface area contributed by atoms with E-state index in [-0.39, 0.29) is 31.2 Å². The van der Waals surface area contributed by atoms with Gasteiger partial charge in [-0.25, -0.2) is 14.4 Å². The van der Waals surface area contributed by atoms with Crippen LogP contribution in [0.5, 0.6) is 0 Å². The first-order valence-corrected chi connectivity index (χ1v) is 16.3. The fourth-order valence-electron chi connectivity index (χ4n) is 6.81. The lowest BCUT2D eigenvalue weighted by molar-refractivity contribution is -0.145. The van der Waals surface area contributed by atoms with Crippen molar-refractivity contribution in [3.8, 4) is 0 Å². The molecule has 0 bridgehead atoms. The molecular formula is C34H46N4O8. The highest BCUT2D eigenvalue weighted by Crippen LogP contribution is 2.45. The summed E-state index contributed by atoms with van der Waals surface area (Å²) < 4.78 is 11.3. The van der Waals surface area contributed by atoms with Crippen LogP contribution in [0.3, 0.4) is 0 Å². The van der Waals surface area contributed by atoms with E-state index in [1.165, 1.54) is 10.5 Å². The number of benzene rings is 1. The van der Waals surface area contributed by atoms with Crippen LogP contribution in [0.1, 0.15) is 89.7 Å². The van der Waals surface area contributed by atoms with Crippen molar-refractivity contribution in [2.45, 2.75) is 114 Å². The van der Waals surface area contributed by atoms with Crippen LogP contribution in [0.15, 0.2) is 36.4 Å². The largest absolute Gasteiger partial charge is 0.479 e. The van der Waals surface area contributed by atoms with Crippen LogP contribution in [0.25, 0.3) is 0 Å². The summed E-state index contributed by atoms with van der Waals surface area (Å²) in [6.07, 6.45) is 5.26. The van der Waals surface area contributed by atoms with Gasteiger partial charge in [-0.1, -0.05) is 56.2 Å². The Bertz CT molecular complexity index is 1390. The maximum absolute atomic E-state index is 14.1. The minimum Gasteiger partial charge on any atom is -0.479 e. The summed E-state index contributed by atoms with van der Waals surface area (Å²) in [5.41, 5.74) is -0.0184. The predicted octanol–water partition coefficient (Wildman–Crippen LogP) is 4.08. The van der Waals surface area contributed by atoms with E-state index in [1.807, 2.05) is 37.3 Å². The number of amides is 4. The molecule has 0 aromatic heterocycles. The van der Waals surface area contributed by atoms with E-state index < -0.39 is 59.3 Å². The van der Waals surface area contributed by atoms with Gasteiger partial charge in [-0.3, -0.25) is 9.59 Å². The molecule has 0 spiro atoms. The summed E-state index contributed by atoms with van der Waals surface area (Å²) >= 11 is 0. The zero-order chi connectivity index (χ0) is 33.2. The zero-order valence-corrected chi connectivity index (χ0v) is 27.1. The second kappa shape index (κ2) is 13.3. The Kier molecular flexibility index (Phi) is 9.65. The molecule has 1 aliphatic carbocycles. The van der Waals surface area contributed by atoms with Gasteiger partial charge in [0.1, 0.15) is 29.3 Å². The smallest absolute Gasteiger partial charge is 0.410 e. The first-order chi connectivity index (χ1) is 21.8. The molecule has 5 rings (SSSR count). The number of carboxylic acid groups (broad SMARTS) is 1. The maximum Gasteiger partial charge on any atom is 0.410 e. The lowest BCUT2D eigenvalue weighted by Crippen LogP contribution is -2.56. The van der Waals surface area contributed by atoms with Crippen molar-refractivity contribution in [2.24, 2.45) is 5.92 Å². The van der Waals surface area contributed by atoms with Crippen LogP contribution in [-0.2, 0) is 30.4 Å². The lowest BCUT2D eigenvalue weighted by Gasteiger charge is -2.33. The van der Waals surface area contributed by atoms with Crippen LogP contribution < -0.4 is 10.6 Å². The molecule has 3 aliphatic heterocycles. The monoisotopic (exact) mass is 638 g/mol. The van der Waals surface area contributed by atoms with Crippen molar-refractivity contribution in [3.63, 3.8) is 0 Å². The molecule has 1 saturated carbocycles. The third-order valence-electron chi connectivity index (χ3n) is 9.28. The average molecular weight is 639 g/mol. The van der Waals surface area contributed by atoms with Crippen LogP contribution in [-0.4, -0.2) is 87.3 Å². The van der Waals surface area contributed by atoms with Crippen molar-refractivity contribution in [3.05, 3.63) is 47.5 Å². The third kappa shape index (κ3) is 7.47. The molecule has 1 unspecified atom stereocenters. The first kappa shape index (κ1) is 33.3. The van der Waals surface area contributed by atoms with Gasteiger partial charge in [-0.2, -0.15) is 0 Å². The topological polar surface area (TPSA) is 155 Å². The Balaban J connectivity index is 1.37. The molecule has 4 amide bonds. The number of nitrogens with zero attached hydrogens (tertiary/aromatic N) is 2. The second-order valence-corrected chi connectivity index (χ2v) is 14.1. The highest BCUT2D eigenvalue weighted by Gasteiger charge is 2.61. The minimum atomic E-state index is -1.46. The van der Waals surface area contributed by atoms with Gasteiger partial charge >= 0.3 is 18.2 Å². The fourth-order valence-corrected chi connectivity index (χ4v) is 6.81. The molecule has 12 heteroatoms. The van der Waals surface area contributed by atoms with Crippen molar-refractivity contribution in [2.75, 3.05) is 13.1 Å². The molecule has 1 aromatic carbocycles. The highest BCUT2D eigenvalue weighted by molar-refractivity contribution is 5.96. The highest BCUT2D eigenvalue weighted by atomic mass is 16.6. The number of hydrogen-bond donors (Lipinski definition) is 3. The number of allylic oxidation sites excluding steroid dienone is 1. The maximum atomic E-state index is 14.1. The van der Waals surface area contributed by atoms with Crippen molar-refractivity contribution in [1.82, 2.24) is 20.4 Å². The number of rotatable bonds is 3. The van der Waals surface area contributed by atoms with Gasteiger partial charge in [0.05, 0.1) is 6.54 Å². The van der Waals surface area contributed by atoms with Crippen LogP contribution >= 0.6 is 0 Å². The number of carbonyl (C=O) groups is 5. The van der Waals surface area contributed by atoms with Gasteiger partial charge in [0.15, 0.2) is 0 Å². The Hall–Kier alpha value is -4.09. The normalized spacial score (nSPS) is 30.7. The summed E-state index contributed by atoms with van der Waals surface area (Å²) in [6.45, 7) is 8.00. The standard InChI is InChI=1S/C34H46N4O8/c1-21-18-37(19-22-12-10-11-14-25(21)22)32(44)45-24-16-27-28(39)36-34(30(41)42)17-23(34)13-8-6-5-7-9-15-26(29(40)38(27)20-24)35-31(43)46-33(2,3)4/h8,10-14,21,23-24,26-27H,5-7,9,15-20H2,1-4H3,(H,35,43)(H,36,39)(H,41,42)/b13-8-/t21?,23-,24-,26+,27+,34-/m1/s1.